The Morgan fingerprint density at radius 1 is 1.26 bits per heavy atom. The van der Waals surface area contributed by atoms with Crippen LogP contribution in [-0.2, 0) is 13.4 Å². The van der Waals surface area contributed by atoms with Crippen LogP contribution in [-0.4, -0.2) is 13.9 Å². The van der Waals surface area contributed by atoms with Crippen molar-refractivity contribution in [2.45, 2.75) is 27.1 Å². The molecule has 0 N–H and O–H groups in total. The van der Waals surface area contributed by atoms with E-state index in [1.54, 1.807) is 0 Å². The summed E-state index contributed by atoms with van der Waals surface area (Å²) in [6.07, 6.45) is 2.88. The minimum atomic E-state index is -1.34. The van der Waals surface area contributed by atoms with Crippen LogP contribution >= 0.6 is 0 Å². The highest BCUT2D eigenvalue weighted by molar-refractivity contribution is 6.82. The van der Waals surface area contributed by atoms with E-state index < -0.39 is 6.37 Å². The van der Waals surface area contributed by atoms with Gasteiger partial charge in [0.25, 0.3) is 0 Å². The highest BCUT2D eigenvalue weighted by Crippen LogP contribution is 2.29. The molecule has 1 aromatic heterocycles. The molecule has 1 aliphatic heterocycles. The molecule has 2 heterocycles. The third-order valence-electron chi connectivity index (χ3n) is 4.44. The van der Waals surface area contributed by atoms with Crippen molar-refractivity contribution in [2.24, 2.45) is 13.0 Å². The summed E-state index contributed by atoms with van der Waals surface area (Å²) in [6.45, 7) is 6.12. The van der Waals surface area contributed by atoms with Crippen LogP contribution in [0.25, 0.3) is 6.08 Å². The van der Waals surface area contributed by atoms with E-state index in [1.165, 1.54) is 16.7 Å². The summed E-state index contributed by atoms with van der Waals surface area (Å²) in [5.41, 5.74) is 5.55. The largest absolute Gasteiger partial charge is 0.404 e. The molecule has 0 bridgehead atoms. The van der Waals surface area contributed by atoms with Gasteiger partial charge in [-0.1, -0.05) is 43.6 Å². The zero-order valence-corrected chi connectivity index (χ0v) is 14.7. The molecule has 1 aromatic carbocycles. The number of fused-ring (bicyclic) bond motifs is 1. The number of hydrogen-bond acceptors (Lipinski definition) is 1. The zero-order chi connectivity index (χ0) is 18.4. The molecule has 2 aromatic rings. The first kappa shape index (κ1) is 13.4. The average Bonchev–Trinajstić information content (AvgIpc) is 2.56. The number of benzene rings is 1. The van der Waals surface area contributed by atoms with Gasteiger partial charge in [-0.15, -0.1) is 0 Å². The quantitative estimate of drug-likeness (QED) is 0.624. The molecular formula is C20H26BN2+. The van der Waals surface area contributed by atoms with Gasteiger partial charge < -0.3 is 4.81 Å². The number of pyridine rings is 1. The van der Waals surface area contributed by atoms with Crippen LogP contribution in [0.4, 0.5) is 5.69 Å². The molecule has 0 fully saturated rings. The van der Waals surface area contributed by atoms with Crippen LogP contribution in [0.2, 0.25) is 0 Å². The van der Waals surface area contributed by atoms with E-state index >= 15 is 0 Å². The van der Waals surface area contributed by atoms with Gasteiger partial charge in [0.05, 0.1) is 0 Å². The maximum absolute atomic E-state index is 8.45. The summed E-state index contributed by atoms with van der Waals surface area (Å²) in [7, 11) is 4.15. The molecule has 118 valence electrons. The first-order valence-electron chi connectivity index (χ1n) is 9.23. The number of aromatic nitrogens is 1. The van der Waals surface area contributed by atoms with Crippen molar-refractivity contribution in [3.8, 4) is 0 Å². The monoisotopic (exact) mass is 307 g/mol. The van der Waals surface area contributed by atoms with Crippen molar-refractivity contribution in [2.75, 3.05) is 11.9 Å². The summed E-state index contributed by atoms with van der Waals surface area (Å²) in [5.74, 6) is -0.0745. The van der Waals surface area contributed by atoms with Crippen molar-refractivity contribution in [1.29, 1.82) is 0 Å². The number of rotatable bonds is 3. The van der Waals surface area contributed by atoms with E-state index in [1.807, 2.05) is 39.2 Å². The molecule has 0 atom stereocenters. The van der Waals surface area contributed by atoms with E-state index in [0.29, 0.717) is 0 Å². The predicted molar refractivity (Wildman–Crippen MR) is 100 cm³/mol. The normalized spacial score (nSPS) is 16.0. The van der Waals surface area contributed by atoms with E-state index in [-0.39, 0.29) is 12.8 Å². The van der Waals surface area contributed by atoms with Crippen molar-refractivity contribution < 1.29 is 7.31 Å². The second-order valence-corrected chi connectivity index (χ2v) is 6.71. The van der Waals surface area contributed by atoms with Gasteiger partial charge in [0.2, 0.25) is 0 Å². The first-order chi connectivity index (χ1) is 11.7. The Morgan fingerprint density at radius 2 is 2.00 bits per heavy atom. The second-order valence-electron chi connectivity index (χ2n) is 6.71. The average molecular weight is 307 g/mol. The molecular weight excluding hydrogens is 279 g/mol. The highest BCUT2D eigenvalue weighted by atomic mass is 15.1. The molecule has 23 heavy (non-hydrogen) atoms. The van der Waals surface area contributed by atoms with Gasteiger partial charge in [-0.3, -0.25) is 0 Å². The molecule has 0 saturated carbocycles. The highest BCUT2D eigenvalue weighted by Gasteiger charge is 2.36. The van der Waals surface area contributed by atoms with Crippen LogP contribution in [0.1, 0.15) is 34.6 Å². The molecule has 2 nitrogen and oxygen atoms in total. The SMILES string of the molecule is [2H]C([2H])(c1cc[n+](C)c(B2C(C)=Cc3ccccc3N2C)c1)C(C)C. The number of para-hydroxylation sites is 1. The molecule has 0 radical (unpaired) electrons. The van der Waals surface area contributed by atoms with Gasteiger partial charge in [-0.05, 0) is 43.5 Å². The van der Waals surface area contributed by atoms with E-state index in [2.05, 4.69) is 53.7 Å². The minimum absolute atomic E-state index is 0.0745. The fraction of sp³-hybridized carbons (Fsp3) is 0.350. The lowest BCUT2D eigenvalue weighted by atomic mass is 9.49. The minimum Gasteiger partial charge on any atom is -0.404 e. The Balaban J connectivity index is 2.11. The van der Waals surface area contributed by atoms with Crippen LogP contribution in [0, 0.1) is 5.92 Å². The van der Waals surface area contributed by atoms with E-state index in [9.17, 15) is 0 Å². The molecule has 0 unspecified atom stereocenters. The molecule has 0 amide bonds. The van der Waals surface area contributed by atoms with Crippen molar-refractivity contribution in [1.82, 2.24) is 0 Å². The maximum atomic E-state index is 8.45. The van der Waals surface area contributed by atoms with Gasteiger partial charge in [-0.25, -0.2) is 4.57 Å². The second kappa shape index (κ2) is 6.23. The number of allylic oxidation sites excluding steroid dienone is 1. The van der Waals surface area contributed by atoms with Crippen LogP contribution < -0.4 is 15.0 Å². The van der Waals surface area contributed by atoms with Crippen LogP contribution in [0.5, 0.6) is 0 Å². The fourth-order valence-corrected chi connectivity index (χ4v) is 3.41. The van der Waals surface area contributed by atoms with Gasteiger partial charge in [0.1, 0.15) is 7.05 Å². The lowest BCUT2D eigenvalue weighted by molar-refractivity contribution is -0.654. The molecule has 3 heteroatoms. The van der Waals surface area contributed by atoms with Gasteiger partial charge >= 0.3 is 6.85 Å². The number of hydrogen-bond donors (Lipinski definition) is 0. The Hall–Kier alpha value is -2.03. The summed E-state index contributed by atoms with van der Waals surface area (Å²) in [5, 5.41) is 0. The third kappa shape index (κ3) is 3.05. The molecule has 0 aliphatic carbocycles. The van der Waals surface area contributed by atoms with Crippen molar-refractivity contribution >= 4 is 24.2 Å². The lowest BCUT2D eigenvalue weighted by Crippen LogP contribution is -2.62. The first-order valence-corrected chi connectivity index (χ1v) is 8.23. The van der Waals surface area contributed by atoms with E-state index in [0.717, 1.165) is 11.2 Å². The van der Waals surface area contributed by atoms with Crippen LogP contribution in [0.15, 0.2) is 48.1 Å². The molecule has 0 saturated heterocycles. The predicted octanol–water partition coefficient (Wildman–Crippen LogP) is 3.00. The number of aryl methyl sites for hydroxylation is 1. The maximum Gasteiger partial charge on any atom is 0.399 e. The third-order valence-corrected chi connectivity index (χ3v) is 4.44. The molecule has 0 spiro atoms. The Bertz CT molecular complexity index is 830. The summed E-state index contributed by atoms with van der Waals surface area (Å²) >= 11 is 0. The smallest absolute Gasteiger partial charge is 0.399 e. The standard InChI is InChI=1S/C20H26BN2/c1-15(2)12-17-10-11-22(4)20(14-17)21-16(3)13-18-8-6-7-9-19(18)23(21)5/h6-11,13-15H,12H2,1-5H3/q+1/i12D2. The lowest BCUT2D eigenvalue weighted by Gasteiger charge is -2.31. The van der Waals surface area contributed by atoms with Crippen molar-refractivity contribution in [3.63, 3.8) is 0 Å². The summed E-state index contributed by atoms with van der Waals surface area (Å²) < 4.78 is 19.0. The van der Waals surface area contributed by atoms with Gasteiger partial charge in [0.15, 0.2) is 11.8 Å². The van der Waals surface area contributed by atoms with Gasteiger partial charge in [-0.2, -0.15) is 0 Å². The fourth-order valence-electron chi connectivity index (χ4n) is 3.41. The Morgan fingerprint density at radius 3 is 2.74 bits per heavy atom. The Labute approximate surface area is 143 Å². The zero-order valence-electron chi connectivity index (χ0n) is 16.7. The number of nitrogens with zero attached hydrogens (tertiary/aromatic N) is 2. The van der Waals surface area contributed by atoms with E-state index in [4.69, 9.17) is 2.74 Å². The topological polar surface area (TPSA) is 7.12 Å². The molecule has 3 rings (SSSR count). The van der Waals surface area contributed by atoms with Crippen LogP contribution in [0.3, 0.4) is 0 Å². The summed E-state index contributed by atoms with van der Waals surface area (Å²) in [4.78, 5) is 2.29. The van der Waals surface area contributed by atoms with Crippen molar-refractivity contribution in [3.05, 3.63) is 59.2 Å². The summed E-state index contributed by atoms with van der Waals surface area (Å²) in [6, 6.07) is 12.3. The Kier molecular flexibility index (Phi) is 3.63. The molecule has 1 aliphatic rings. The van der Waals surface area contributed by atoms with Gasteiger partial charge in [0, 0.05) is 20.6 Å². The number of anilines is 1.